The normalized spacial score (nSPS) is 39.5. The molecule has 8 atom stereocenters. The lowest BCUT2D eigenvalue weighted by atomic mass is 9.47. The molecular weight excluding hydrogens is 490 g/mol. The molecule has 4 fully saturated rings. The zero-order valence-electron chi connectivity index (χ0n) is 25.3. The molecule has 1 saturated heterocycles. The quantitative estimate of drug-likeness (QED) is 0.213. The van der Waals surface area contributed by atoms with Crippen molar-refractivity contribution in [3.05, 3.63) is 11.6 Å². The minimum atomic E-state index is 0. The first-order chi connectivity index (χ1) is 17.7. The van der Waals surface area contributed by atoms with Crippen LogP contribution < -0.4 is 0 Å². The molecule has 0 aromatic heterocycles. The van der Waals surface area contributed by atoms with E-state index in [0.29, 0.717) is 17.3 Å². The number of likely N-dealkylation sites (tertiary alicyclic amines) is 1. The van der Waals surface area contributed by atoms with E-state index in [9.17, 15) is 4.79 Å². The van der Waals surface area contributed by atoms with Gasteiger partial charge in [0.05, 0.1) is 6.42 Å². The van der Waals surface area contributed by atoms with E-state index in [1.165, 1.54) is 70.6 Å². The first-order valence-corrected chi connectivity index (χ1v) is 16.3. The third-order valence-corrected chi connectivity index (χ3v) is 12.4. The number of carbonyl (C=O) groups excluding carboxylic acids is 1. The largest absolute Gasteiger partial charge is 0.462 e. The summed E-state index contributed by atoms with van der Waals surface area (Å²) in [5.74, 6) is 5.31. The number of fused-ring (bicyclic) bond motifs is 5. The van der Waals surface area contributed by atoms with Crippen molar-refractivity contribution >= 4 is 18.4 Å². The highest BCUT2D eigenvalue weighted by Crippen LogP contribution is 2.67. The van der Waals surface area contributed by atoms with Crippen LogP contribution >= 0.6 is 12.4 Å². The van der Waals surface area contributed by atoms with Crippen molar-refractivity contribution in [1.29, 1.82) is 0 Å². The number of allylic oxidation sites excluding steroid dienone is 1. The van der Waals surface area contributed by atoms with E-state index in [4.69, 9.17) is 4.74 Å². The van der Waals surface area contributed by atoms with E-state index in [0.717, 1.165) is 68.0 Å². The fraction of sp³-hybridized carbons (Fsp3) is 0.912. The van der Waals surface area contributed by atoms with Crippen LogP contribution in [0.25, 0.3) is 0 Å². The van der Waals surface area contributed by atoms with Crippen LogP contribution in [0.15, 0.2) is 11.6 Å². The monoisotopic (exact) mass is 547 g/mol. The van der Waals surface area contributed by atoms with Crippen LogP contribution in [0.4, 0.5) is 0 Å². The van der Waals surface area contributed by atoms with E-state index in [1.807, 2.05) is 0 Å². The Hall–Kier alpha value is -0.540. The Labute approximate surface area is 240 Å². The van der Waals surface area contributed by atoms with E-state index < -0.39 is 0 Å². The van der Waals surface area contributed by atoms with E-state index in [-0.39, 0.29) is 24.5 Å². The Morgan fingerprint density at radius 3 is 2.53 bits per heavy atom. The van der Waals surface area contributed by atoms with E-state index in [2.05, 4.69) is 45.6 Å². The second-order valence-electron chi connectivity index (χ2n) is 14.9. The second kappa shape index (κ2) is 12.5. The predicted molar refractivity (Wildman–Crippen MR) is 160 cm³/mol. The van der Waals surface area contributed by atoms with Crippen molar-refractivity contribution < 1.29 is 9.53 Å². The average molecular weight is 548 g/mol. The molecule has 3 saturated carbocycles. The van der Waals surface area contributed by atoms with Gasteiger partial charge < -0.3 is 9.64 Å². The number of hydrogen-bond donors (Lipinski definition) is 0. The number of nitrogens with zero attached hydrogens (tertiary/aromatic N) is 1. The maximum Gasteiger partial charge on any atom is 0.307 e. The van der Waals surface area contributed by atoms with Gasteiger partial charge in [0, 0.05) is 13.0 Å². The van der Waals surface area contributed by atoms with Gasteiger partial charge in [0.1, 0.15) is 6.10 Å². The summed E-state index contributed by atoms with van der Waals surface area (Å²) in [5, 5.41) is 0. The van der Waals surface area contributed by atoms with Gasteiger partial charge in [-0.3, -0.25) is 4.79 Å². The lowest BCUT2D eigenvalue weighted by Gasteiger charge is -2.58. The van der Waals surface area contributed by atoms with Crippen LogP contribution in [0.5, 0.6) is 0 Å². The zero-order valence-corrected chi connectivity index (χ0v) is 26.1. The predicted octanol–water partition coefficient (Wildman–Crippen LogP) is 8.85. The van der Waals surface area contributed by atoms with Crippen LogP contribution in [-0.4, -0.2) is 36.6 Å². The lowest BCUT2D eigenvalue weighted by molar-refractivity contribution is -0.151. The summed E-state index contributed by atoms with van der Waals surface area (Å²) in [6, 6.07) is 0. The first kappa shape index (κ1) is 30.4. The van der Waals surface area contributed by atoms with Gasteiger partial charge in [-0.15, -0.1) is 12.4 Å². The van der Waals surface area contributed by atoms with Gasteiger partial charge in [-0.2, -0.15) is 0 Å². The summed E-state index contributed by atoms with van der Waals surface area (Å²) in [6.45, 7) is 15.8. The highest BCUT2D eigenvalue weighted by atomic mass is 35.5. The van der Waals surface area contributed by atoms with Crippen molar-refractivity contribution in [1.82, 2.24) is 4.90 Å². The van der Waals surface area contributed by atoms with Gasteiger partial charge in [0.25, 0.3) is 0 Å². The highest BCUT2D eigenvalue weighted by Gasteiger charge is 2.59. The van der Waals surface area contributed by atoms with Crippen LogP contribution in [0.3, 0.4) is 0 Å². The van der Waals surface area contributed by atoms with Crippen LogP contribution in [0, 0.1) is 46.3 Å². The van der Waals surface area contributed by atoms with Crippen LogP contribution in [0.2, 0.25) is 0 Å². The molecule has 1 aliphatic heterocycles. The van der Waals surface area contributed by atoms with E-state index >= 15 is 0 Å². The number of esters is 1. The summed E-state index contributed by atoms with van der Waals surface area (Å²) in [6.07, 6.45) is 20.4. The SMILES string of the molecule is CC(C)CCC[C@@H](C)[C@H]1CC[C@H]2[C@@H]3CC=C4C[C@@H](OC(=O)CCN5CCCC5)CC[C@]4(C)[C@H]3CC[C@]12C.Cl. The average Bonchev–Trinajstić information content (AvgIpc) is 3.50. The van der Waals surface area contributed by atoms with Gasteiger partial charge in [0.15, 0.2) is 0 Å². The molecule has 0 aromatic rings. The van der Waals surface area contributed by atoms with Crippen molar-refractivity contribution in [3.8, 4) is 0 Å². The van der Waals surface area contributed by atoms with Crippen LogP contribution in [0.1, 0.15) is 125 Å². The number of rotatable bonds is 9. The summed E-state index contributed by atoms with van der Waals surface area (Å²) >= 11 is 0. The molecular formula is C34H58ClNO2. The Morgan fingerprint density at radius 2 is 1.79 bits per heavy atom. The molecule has 0 bridgehead atoms. The molecule has 5 aliphatic rings. The van der Waals surface area contributed by atoms with Crippen molar-refractivity contribution in [2.45, 2.75) is 131 Å². The van der Waals surface area contributed by atoms with E-state index in [1.54, 1.807) is 5.57 Å². The molecule has 218 valence electrons. The molecule has 1 heterocycles. The number of halogens is 1. The van der Waals surface area contributed by atoms with Crippen molar-refractivity contribution in [2.24, 2.45) is 46.3 Å². The lowest BCUT2D eigenvalue weighted by Crippen LogP contribution is -2.51. The summed E-state index contributed by atoms with van der Waals surface area (Å²) < 4.78 is 6.05. The molecule has 4 heteroatoms. The molecule has 0 unspecified atom stereocenters. The Bertz CT molecular complexity index is 834. The topological polar surface area (TPSA) is 29.5 Å². The molecule has 0 N–H and O–H groups in total. The summed E-state index contributed by atoms with van der Waals surface area (Å²) in [7, 11) is 0. The van der Waals surface area contributed by atoms with Gasteiger partial charge in [-0.1, -0.05) is 65.5 Å². The molecule has 0 radical (unpaired) electrons. The minimum Gasteiger partial charge on any atom is -0.462 e. The molecule has 38 heavy (non-hydrogen) atoms. The second-order valence-corrected chi connectivity index (χ2v) is 14.9. The summed E-state index contributed by atoms with van der Waals surface area (Å²) in [5.41, 5.74) is 2.53. The Kier molecular flexibility index (Phi) is 10.0. The third kappa shape index (κ3) is 6.05. The van der Waals surface area contributed by atoms with Gasteiger partial charge in [0.2, 0.25) is 0 Å². The van der Waals surface area contributed by atoms with Crippen LogP contribution in [-0.2, 0) is 9.53 Å². The first-order valence-electron chi connectivity index (χ1n) is 16.3. The summed E-state index contributed by atoms with van der Waals surface area (Å²) in [4.78, 5) is 15.0. The molecule has 5 rings (SSSR count). The Morgan fingerprint density at radius 1 is 1.03 bits per heavy atom. The standard InChI is InChI=1S/C34H57NO2.ClH/c1-24(2)9-8-10-25(3)29-13-14-30-28-12-11-26-23-27(37-32(36)17-22-35-20-6-7-21-35)15-18-33(26,4)31(28)16-19-34(29,30)5;/h11,24-25,27-31H,6-10,12-23H2,1-5H3;1H/t25-,27+,28+,29-,30+,31+,33+,34-;/m1./s1. The third-order valence-electron chi connectivity index (χ3n) is 12.4. The van der Waals surface area contributed by atoms with Gasteiger partial charge in [-0.05, 0) is 117 Å². The molecule has 0 spiro atoms. The number of ether oxygens (including phenoxy) is 1. The van der Waals surface area contributed by atoms with Crippen molar-refractivity contribution in [2.75, 3.05) is 19.6 Å². The molecule has 0 aromatic carbocycles. The number of carbonyl (C=O) groups is 1. The van der Waals surface area contributed by atoms with Gasteiger partial charge in [-0.25, -0.2) is 0 Å². The smallest absolute Gasteiger partial charge is 0.307 e. The zero-order chi connectivity index (χ0) is 26.2. The Balaban J connectivity index is 0.00000336. The highest BCUT2D eigenvalue weighted by molar-refractivity contribution is 5.85. The fourth-order valence-electron chi connectivity index (χ4n) is 10.3. The minimum absolute atomic E-state index is 0. The number of hydrogen-bond acceptors (Lipinski definition) is 3. The fourth-order valence-corrected chi connectivity index (χ4v) is 10.3. The molecule has 4 aliphatic carbocycles. The van der Waals surface area contributed by atoms with Gasteiger partial charge >= 0.3 is 5.97 Å². The maximum absolute atomic E-state index is 12.6. The van der Waals surface area contributed by atoms with Crippen molar-refractivity contribution in [3.63, 3.8) is 0 Å². The molecule has 3 nitrogen and oxygen atoms in total. The molecule has 0 amide bonds. The maximum atomic E-state index is 12.6.